The molecule has 0 aliphatic heterocycles. The number of nitrogens with zero attached hydrogens (tertiary/aromatic N) is 1. The first-order valence-electron chi connectivity index (χ1n) is 2.98. The molecule has 0 aromatic carbocycles. The van der Waals surface area contributed by atoms with Crippen molar-refractivity contribution in [1.29, 1.82) is 5.26 Å². The highest BCUT2D eigenvalue weighted by Gasteiger charge is 2.02. The average Bonchev–Trinajstić information content (AvgIpc) is 2.32. The highest BCUT2D eigenvalue weighted by molar-refractivity contribution is 7.16. The van der Waals surface area contributed by atoms with Crippen LogP contribution in [0.1, 0.15) is 10.4 Å². The van der Waals surface area contributed by atoms with E-state index in [4.69, 9.17) is 5.26 Å². The molecule has 0 radical (unpaired) electrons. The molecular formula is C7H6N2OS. The van der Waals surface area contributed by atoms with E-state index in [0.29, 0.717) is 17.0 Å². The summed E-state index contributed by atoms with van der Waals surface area (Å²) in [6.45, 7) is 1.85. The van der Waals surface area contributed by atoms with Gasteiger partial charge in [0.05, 0.1) is 10.6 Å². The number of rotatable bonds is 2. The van der Waals surface area contributed by atoms with E-state index in [9.17, 15) is 4.79 Å². The minimum atomic E-state index is 0.604. The fourth-order valence-electron chi connectivity index (χ4n) is 0.722. The lowest BCUT2D eigenvalue weighted by atomic mass is 10.3. The van der Waals surface area contributed by atoms with Gasteiger partial charge in [-0.3, -0.25) is 4.79 Å². The SMILES string of the molecule is Cc1sc(NC=O)cc1C#N. The lowest BCUT2D eigenvalue weighted by Crippen LogP contribution is -1.88. The van der Waals surface area contributed by atoms with Crippen molar-refractivity contribution in [2.24, 2.45) is 0 Å². The zero-order chi connectivity index (χ0) is 8.27. The molecule has 1 aromatic heterocycles. The summed E-state index contributed by atoms with van der Waals surface area (Å²) in [6, 6.07) is 3.69. The quantitative estimate of drug-likeness (QED) is 0.677. The van der Waals surface area contributed by atoms with E-state index in [1.165, 1.54) is 11.3 Å². The lowest BCUT2D eigenvalue weighted by Gasteiger charge is -1.85. The van der Waals surface area contributed by atoms with Gasteiger partial charge in [-0.2, -0.15) is 5.26 Å². The molecule has 11 heavy (non-hydrogen) atoms. The topological polar surface area (TPSA) is 52.9 Å². The van der Waals surface area contributed by atoms with Gasteiger partial charge in [0.25, 0.3) is 0 Å². The van der Waals surface area contributed by atoms with Crippen LogP contribution in [-0.4, -0.2) is 6.41 Å². The van der Waals surface area contributed by atoms with Crippen molar-refractivity contribution in [2.45, 2.75) is 6.92 Å². The summed E-state index contributed by atoms with van der Waals surface area (Å²) < 4.78 is 0. The number of hydrogen-bond donors (Lipinski definition) is 1. The van der Waals surface area contributed by atoms with Crippen molar-refractivity contribution in [3.8, 4) is 6.07 Å². The van der Waals surface area contributed by atoms with Crippen molar-refractivity contribution in [2.75, 3.05) is 5.32 Å². The molecule has 0 spiro atoms. The third-order valence-corrected chi connectivity index (χ3v) is 2.22. The Kier molecular flexibility index (Phi) is 2.24. The van der Waals surface area contributed by atoms with Gasteiger partial charge in [0.15, 0.2) is 0 Å². The Morgan fingerprint density at radius 3 is 3.00 bits per heavy atom. The number of anilines is 1. The van der Waals surface area contributed by atoms with Crippen LogP contribution < -0.4 is 5.32 Å². The van der Waals surface area contributed by atoms with Gasteiger partial charge in [0, 0.05) is 4.88 Å². The molecule has 1 amide bonds. The van der Waals surface area contributed by atoms with Crippen LogP contribution in [0.2, 0.25) is 0 Å². The van der Waals surface area contributed by atoms with Crippen LogP contribution in [0.25, 0.3) is 0 Å². The van der Waals surface area contributed by atoms with Gasteiger partial charge in [-0.25, -0.2) is 0 Å². The molecule has 0 atom stereocenters. The third kappa shape index (κ3) is 1.57. The second-order valence-electron chi connectivity index (χ2n) is 1.95. The van der Waals surface area contributed by atoms with Gasteiger partial charge < -0.3 is 5.32 Å². The number of carbonyl (C=O) groups excluding carboxylic acids is 1. The number of carbonyl (C=O) groups is 1. The van der Waals surface area contributed by atoms with Crippen LogP contribution >= 0.6 is 11.3 Å². The molecular weight excluding hydrogens is 160 g/mol. The van der Waals surface area contributed by atoms with E-state index in [1.807, 2.05) is 13.0 Å². The third-order valence-electron chi connectivity index (χ3n) is 1.24. The fourth-order valence-corrected chi connectivity index (χ4v) is 1.55. The number of hydrogen-bond acceptors (Lipinski definition) is 3. The number of aryl methyl sites for hydroxylation is 1. The largest absolute Gasteiger partial charge is 0.320 e. The maximum Gasteiger partial charge on any atom is 0.212 e. The highest BCUT2D eigenvalue weighted by atomic mass is 32.1. The highest BCUT2D eigenvalue weighted by Crippen LogP contribution is 2.24. The van der Waals surface area contributed by atoms with Crippen LogP contribution in [0, 0.1) is 18.3 Å². The molecule has 0 saturated heterocycles. The van der Waals surface area contributed by atoms with Crippen LogP contribution in [0.5, 0.6) is 0 Å². The first-order valence-corrected chi connectivity index (χ1v) is 3.80. The molecule has 4 heteroatoms. The number of nitriles is 1. The van der Waals surface area contributed by atoms with Gasteiger partial charge >= 0.3 is 0 Å². The van der Waals surface area contributed by atoms with Crippen molar-refractivity contribution in [1.82, 2.24) is 0 Å². The van der Waals surface area contributed by atoms with Crippen LogP contribution in [0.15, 0.2) is 6.07 Å². The smallest absolute Gasteiger partial charge is 0.212 e. The molecule has 1 N–H and O–H groups in total. The van der Waals surface area contributed by atoms with Crippen LogP contribution in [-0.2, 0) is 4.79 Å². The van der Waals surface area contributed by atoms with E-state index in [1.54, 1.807) is 6.07 Å². The van der Waals surface area contributed by atoms with Gasteiger partial charge in [-0.1, -0.05) is 0 Å². The van der Waals surface area contributed by atoms with Crippen molar-refractivity contribution >= 4 is 22.7 Å². The predicted octanol–water partition coefficient (Wildman–Crippen LogP) is 1.50. The molecule has 3 nitrogen and oxygen atoms in total. The molecule has 1 aromatic rings. The van der Waals surface area contributed by atoms with E-state index in [0.717, 1.165) is 4.88 Å². The van der Waals surface area contributed by atoms with E-state index in [-0.39, 0.29) is 0 Å². The van der Waals surface area contributed by atoms with Crippen molar-refractivity contribution in [3.05, 3.63) is 16.5 Å². The second kappa shape index (κ2) is 3.17. The minimum Gasteiger partial charge on any atom is -0.320 e. The molecule has 0 aliphatic rings. The molecule has 0 fully saturated rings. The van der Waals surface area contributed by atoms with Gasteiger partial charge in [0.1, 0.15) is 6.07 Å². The van der Waals surface area contributed by atoms with Crippen molar-refractivity contribution < 1.29 is 4.79 Å². The summed E-state index contributed by atoms with van der Waals surface area (Å²) in [5.41, 5.74) is 0.624. The standard InChI is InChI=1S/C7H6N2OS/c1-5-6(3-8)2-7(11-5)9-4-10/h2,4H,1H3,(H,9,10). The normalized spacial score (nSPS) is 8.73. The lowest BCUT2D eigenvalue weighted by molar-refractivity contribution is -0.105. The first-order chi connectivity index (χ1) is 5.27. The number of nitrogens with one attached hydrogen (secondary N) is 1. The van der Waals surface area contributed by atoms with Gasteiger partial charge in [-0.05, 0) is 13.0 Å². The van der Waals surface area contributed by atoms with Crippen LogP contribution in [0.4, 0.5) is 5.00 Å². The second-order valence-corrected chi connectivity index (χ2v) is 3.21. The molecule has 0 unspecified atom stereocenters. The van der Waals surface area contributed by atoms with Gasteiger partial charge in [0.2, 0.25) is 6.41 Å². The molecule has 56 valence electrons. The van der Waals surface area contributed by atoms with E-state index >= 15 is 0 Å². The van der Waals surface area contributed by atoms with Crippen molar-refractivity contribution in [3.63, 3.8) is 0 Å². The van der Waals surface area contributed by atoms with E-state index in [2.05, 4.69) is 5.32 Å². The molecule has 1 rings (SSSR count). The summed E-state index contributed by atoms with van der Waals surface area (Å²) in [5.74, 6) is 0. The summed E-state index contributed by atoms with van der Waals surface area (Å²) in [6.07, 6.45) is 0.604. The summed E-state index contributed by atoms with van der Waals surface area (Å²) >= 11 is 1.40. The van der Waals surface area contributed by atoms with E-state index < -0.39 is 0 Å². The average molecular weight is 166 g/mol. The number of amides is 1. The first kappa shape index (κ1) is 7.76. The summed E-state index contributed by atoms with van der Waals surface area (Å²) in [4.78, 5) is 10.9. The Hall–Kier alpha value is -1.34. The maximum atomic E-state index is 10.00. The Balaban J connectivity index is 2.97. The fraction of sp³-hybridized carbons (Fsp3) is 0.143. The molecule has 0 aliphatic carbocycles. The maximum absolute atomic E-state index is 10.00. The molecule has 0 bridgehead atoms. The molecule has 1 heterocycles. The van der Waals surface area contributed by atoms with Gasteiger partial charge in [-0.15, -0.1) is 11.3 Å². The number of thiophene rings is 1. The summed E-state index contributed by atoms with van der Waals surface area (Å²) in [7, 11) is 0. The Labute approximate surface area is 68.3 Å². The Morgan fingerprint density at radius 2 is 2.55 bits per heavy atom. The summed E-state index contributed by atoms with van der Waals surface area (Å²) in [5, 5.41) is 11.7. The zero-order valence-electron chi connectivity index (χ0n) is 5.92. The molecule has 0 saturated carbocycles. The zero-order valence-corrected chi connectivity index (χ0v) is 6.73. The predicted molar refractivity (Wildman–Crippen MR) is 43.5 cm³/mol. The van der Waals surface area contributed by atoms with Crippen LogP contribution in [0.3, 0.4) is 0 Å². The minimum absolute atomic E-state index is 0.604. The Morgan fingerprint density at radius 1 is 1.82 bits per heavy atom. The monoisotopic (exact) mass is 166 g/mol. The Bertz CT molecular complexity index is 311.